The summed E-state index contributed by atoms with van der Waals surface area (Å²) < 4.78 is 26.5. The Kier molecular flexibility index (Phi) is 4.24. The summed E-state index contributed by atoms with van der Waals surface area (Å²) in [5, 5.41) is 5.25. The van der Waals surface area contributed by atoms with E-state index in [9.17, 15) is 13.6 Å². The third-order valence-corrected chi connectivity index (χ3v) is 2.54. The second-order valence-electron chi connectivity index (χ2n) is 3.99. The van der Waals surface area contributed by atoms with Gasteiger partial charge in [0.15, 0.2) is 11.6 Å². The summed E-state index contributed by atoms with van der Waals surface area (Å²) in [7, 11) is 0. The lowest BCUT2D eigenvalue weighted by Crippen LogP contribution is -2.15. The van der Waals surface area contributed by atoms with Crippen molar-refractivity contribution >= 4 is 17.4 Å². The van der Waals surface area contributed by atoms with Crippen LogP contribution < -0.4 is 10.6 Å². The zero-order chi connectivity index (χ0) is 14.5. The molecule has 0 atom stereocenters. The Morgan fingerprint density at radius 1 is 1.20 bits per heavy atom. The number of nitrogens with zero attached hydrogens (tertiary/aromatic N) is 1. The molecule has 2 N–H and O–H groups in total. The van der Waals surface area contributed by atoms with Gasteiger partial charge in [-0.1, -0.05) is 12.1 Å². The molecule has 1 aromatic heterocycles. The molecule has 0 saturated heterocycles. The smallest absolute Gasteiger partial charge is 0.274 e. The molecule has 0 aliphatic carbocycles. The van der Waals surface area contributed by atoms with Crippen LogP contribution in [0.15, 0.2) is 36.4 Å². The number of carbonyl (C=O) groups is 1. The van der Waals surface area contributed by atoms with Crippen LogP contribution in [0.4, 0.5) is 20.3 Å². The number of amides is 1. The van der Waals surface area contributed by atoms with Gasteiger partial charge in [-0.15, -0.1) is 0 Å². The minimum atomic E-state index is -1.09. The summed E-state index contributed by atoms with van der Waals surface area (Å²) in [6.07, 6.45) is 0. The van der Waals surface area contributed by atoms with Gasteiger partial charge in [-0.05, 0) is 31.2 Å². The molecular formula is C14H13F2N3O. The number of rotatable bonds is 4. The fraction of sp³-hybridized carbons (Fsp3) is 0.143. The Labute approximate surface area is 114 Å². The lowest BCUT2D eigenvalue weighted by molar-refractivity contribution is 0.102. The minimum absolute atomic E-state index is 0.118. The molecule has 0 radical (unpaired) electrons. The van der Waals surface area contributed by atoms with E-state index in [0.29, 0.717) is 12.4 Å². The van der Waals surface area contributed by atoms with E-state index in [4.69, 9.17) is 0 Å². The molecule has 2 rings (SSSR count). The predicted molar refractivity (Wildman–Crippen MR) is 72.7 cm³/mol. The van der Waals surface area contributed by atoms with Crippen molar-refractivity contribution in [3.05, 3.63) is 53.7 Å². The second kappa shape index (κ2) is 6.10. The van der Waals surface area contributed by atoms with Crippen LogP contribution in [0.2, 0.25) is 0 Å². The van der Waals surface area contributed by atoms with Crippen molar-refractivity contribution in [1.29, 1.82) is 0 Å². The highest BCUT2D eigenvalue weighted by molar-refractivity contribution is 6.03. The normalized spacial score (nSPS) is 10.2. The van der Waals surface area contributed by atoms with Crippen LogP contribution in [-0.4, -0.2) is 17.4 Å². The first-order valence-corrected chi connectivity index (χ1v) is 6.08. The molecule has 0 aliphatic heterocycles. The molecule has 0 unspecified atom stereocenters. The number of anilines is 2. The minimum Gasteiger partial charge on any atom is -0.370 e. The average Bonchev–Trinajstić information content (AvgIpc) is 2.44. The molecular weight excluding hydrogens is 264 g/mol. The molecule has 1 amide bonds. The molecule has 20 heavy (non-hydrogen) atoms. The zero-order valence-corrected chi connectivity index (χ0v) is 10.8. The number of hydrogen-bond donors (Lipinski definition) is 2. The quantitative estimate of drug-likeness (QED) is 0.903. The van der Waals surface area contributed by atoms with Crippen LogP contribution in [0.25, 0.3) is 0 Å². The molecule has 104 valence electrons. The van der Waals surface area contributed by atoms with E-state index in [1.54, 1.807) is 12.1 Å². The monoisotopic (exact) mass is 277 g/mol. The Morgan fingerprint density at radius 3 is 2.70 bits per heavy atom. The molecule has 1 aromatic carbocycles. The number of carbonyl (C=O) groups excluding carboxylic acids is 1. The zero-order valence-electron chi connectivity index (χ0n) is 10.8. The van der Waals surface area contributed by atoms with Gasteiger partial charge >= 0.3 is 0 Å². The van der Waals surface area contributed by atoms with Gasteiger partial charge in [0.1, 0.15) is 11.5 Å². The van der Waals surface area contributed by atoms with E-state index in [1.165, 1.54) is 18.2 Å². The van der Waals surface area contributed by atoms with Crippen LogP contribution in [0.5, 0.6) is 0 Å². The van der Waals surface area contributed by atoms with Crippen LogP contribution in [0, 0.1) is 11.6 Å². The van der Waals surface area contributed by atoms with Gasteiger partial charge in [-0.2, -0.15) is 0 Å². The van der Waals surface area contributed by atoms with Gasteiger partial charge < -0.3 is 10.6 Å². The lowest BCUT2D eigenvalue weighted by atomic mass is 10.2. The molecule has 1 heterocycles. The molecule has 2 aromatic rings. The first-order chi connectivity index (χ1) is 9.61. The highest BCUT2D eigenvalue weighted by Crippen LogP contribution is 2.17. The Morgan fingerprint density at radius 2 is 1.95 bits per heavy atom. The fourth-order valence-corrected chi connectivity index (χ4v) is 1.63. The van der Waals surface area contributed by atoms with Crippen molar-refractivity contribution in [1.82, 2.24) is 4.98 Å². The highest BCUT2D eigenvalue weighted by Gasteiger charge is 2.13. The van der Waals surface area contributed by atoms with Crippen molar-refractivity contribution in [3.63, 3.8) is 0 Å². The standard InChI is InChI=1S/C14H13F2N3O/c1-2-17-12-8-4-7-11(18-12)14(20)19-10-6-3-5-9(15)13(10)16/h3-8H,2H2,1H3,(H,17,18)(H,19,20). The third kappa shape index (κ3) is 3.09. The first kappa shape index (κ1) is 13.9. The van der Waals surface area contributed by atoms with Crippen molar-refractivity contribution in [2.75, 3.05) is 17.2 Å². The maximum absolute atomic E-state index is 13.5. The fourth-order valence-electron chi connectivity index (χ4n) is 1.63. The van der Waals surface area contributed by atoms with Gasteiger partial charge in [0.05, 0.1) is 5.69 Å². The SMILES string of the molecule is CCNc1cccc(C(=O)Nc2cccc(F)c2F)n1. The third-order valence-electron chi connectivity index (χ3n) is 2.54. The number of hydrogen-bond acceptors (Lipinski definition) is 3. The number of pyridine rings is 1. The van der Waals surface area contributed by atoms with Crippen LogP contribution in [-0.2, 0) is 0 Å². The molecule has 6 heteroatoms. The van der Waals surface area contributed by atoms with Crippen LogP contribution >= 0.6 is 0 Å². The van der Waals surface area contributed by atoms with Gasteiger partial charge in [-0.3, -0.25) is 4.79 Å². The topological polar surface area (TPSA) is 54.0 Å². The summed E-state index contributed by atoms with van der Waals surface area (Å²) in [5.74, 6) is -2.17. The molecule has 0 spiro atoms. The lowest BCUT2D eigenvalue weighted by Gasteiger charge is -2.08. The van der Waals surface area contributed by atoms with Crippen molar-refractivity contribution in [2.45, 2.75) is 6.92 Å². The van der Waals surface area contributed by atoms with Gasteiger partial charge in [0.2, 0.25) is 0 Å². The second-order valence-corrected chi connectivity index (χ2v) is 3.99. The van der Waals surface area contributed by atoms with Crippen molar-refractivity contribution < 1.29 is 13.6 Å². The Hall–Kier alpha value is -2.50. The maximum atomic E-state index is 13.5. The summed E-state index contributed by atoms with van der Waals surface area (Å²) in [4.78, 5) is 16.0. The summed E-state index contributed by atoms with van der Waals surface area (Å²) in [5.41, 5.74) is -0.0993. The molecule has 4 nitrogen and oxygen atoms in total. The van der Waals surface area contributed by atoms with Gasteiger partial charge in [-0.25, -0.2) is 13.8 Å². The van der Waals surface area contributed by atoms with E-state index in [-0.39, 0.29) is 11.4 Å². The summed E-state index contributed by atoms with van der Waals surface area (Å²) in [6.45, 7) is 2.56. The Bertz CT molecular complexity index is 632. The van der Waals surface area contributed by atoms with Crippen LogP contribution in [0.1, 0.15) is 17.4 Å². The van der Waals surface area contributed by atoms with Gasteiger partial charge in [0, 0.05) is 6.54 Å². The summed E-state index contributed by atoms with van der Waals surface area (Å²) >= 11 is 0. The molecule has 0 saturated carbocycles. The van der Waals surface area contributed by atoms with Crippen molar-refractivity contribution in [2.24, 2.45) is 0 Å². The average molecular weight is 277 g/mol. The van der Waals surface area contributed by atoms with Crippen LogP contribution in [0.3, 0.4) is 0 Å². The summed E-state index contributed by atoms with van der Waals surface area (Å²) in [6, 6.07) is 8.44. The molecule has 0 aliphatic rings. The molecule has 0 fully saturated rings. The van der Waals surface area contributed by atoms with E-state index in [1.807, 2.05) is 6.92 Å². The molecule has 0 bridgehead atoms. The largest absolute Gasteiger partial charge is 0.370 e. The number of aromatic nitrogens is 1. The number of nitrogens with one attached hydrogen (secondary N) is 2. The number of benzene rings is 1. The van der Waals surface area contributed by atoms with E-state index < -0.39 is 17.5 Å². The van der Waals surface area contributed by atoms with Crippen molar-refractivity contribution in [3.8, 4) is 0 Å². The number of halogens is 2. The van der Waals surface area contributed by atoms with E-state index in [0.717, 1.165) is 6.07 Å². The maximum Gasteiger partial charge on any atom is 0.274 e. The van der Waals surface area contributed by atoms with Gasteiger partial charge in [0.25, 0.3) is 5.91 Å². The Balaban J connectivity index is 2.19. The predicted octanol–water partition coefficient (Wildman–Crippen LogP) is 3.04. The van der Waals surface area contributed by atoms with E-state index >= 15 is 0 Å². The first-order valence-electron chi connectivity index (χ1n) is 6.08. The van der Waals surface area contributed by atoms with E-state index in [2.05, 4.69) is 15.6 Å². The highest BCUT2D eigenvalue weighted by atomic mass is 19.2.